The molecule has 1 unspecified atom stereocenters. The third-order valence-electron chi connectivity index (χ3n) is 6.53. The second-order valence-electron chi connectivity index (χ2n) is 9.33. The molecule has 210 valence electrons. The van der Waals surface area contributed by atoms with Crippen LogP contribution in [-0.2, 0) is 22.7 Å². The summed E-state index contributed by atoms with van der Waals surface area (Å²) in [5.41, 5.74) is 4.89. The van der Waals surface area contributed by atoms with E-state index in [1.54, 1.807) is 24.9 Å². The molecule has 0 radical (unpaired) electrons. The van der Waals surface area contributed by atoms with Crippen LogP contribution < -0.4 is 28.9 Å². The minimum absolute atomic E-state index is 0. The molecule has 2 N–H and O–H groups in total. The first-order chi connectivity index (χ1) is 19.4. The number of nitrogens with one attached hydrogen (secondary N) is 1. The maximum atomic E-state index is 13.3. The zero-order chi connectivity index (χ0) is 28.5. The Kier molecular flexibility index (Phi) is 12.2. The largest absolute Gasteiger partial charge is 1.00 e. The van der Waals surface area contributed by atoms with Crippen molar-refractivity contribution in [3.63, 3.8) is 0 Å². The van der Waals surface area contributed by atoms with E-state index < -0.39 is 17.9 Å². The van der Waals surface area contributed by atoms with Gasteiger partial charge >= 0.3 is 24.8 Å². The normalized spacial score (nSPS) is 11.4. The van der Waals surface area contributed by atoms with E-state index in [4.69, 9.17) is 13.9 Å². The molecule has 0 bridgehead atoms. The fourth-order valence-corrected chi connectivity index (χ4v) is 4.81. The molecule has 1 aromatic heterocycles. The van der Waals surface area contributed by atoms with Crippen LogP contribution in [0.3, 0.4) is 0 Å². The Balaban J connectivity index is 0.00000308. The summed E-state index contributed by atoms with van der Waals surface area (Å²) < 4.78 is 17.1. The molecule has 0 aliphatic carbocycles. The van der Waals surface area contributed by atoms with Crippen molar-refractivity contribution in [1.29, 1.82) is 0 Å². The van der Waals surface area contributed by atoms with E-state index in [0.717, 1.165) is 39.3 Å². The summed E-state index contributed by atoms with van der Waals surface area (Å²) in [5.74, 6) is 1.40. The van der Waals surface area contributed by atoms with Gasteiger partial charge in [0.15, 0.2) is 0 Å². The van der Waals surface area contributed by atoms with Crippen LogP contribution in [-0.4, -0.2) is 42.1 Å². The van der Waals surface area contributed by atoms with E-state index in [9.17, 15) is 14.7 Å². The summed E-state index contributed by atoms with van der Waals surface area (Å²) in [4.78, 5) is 25.0. The number of ether oxygens (including phenoxy) is 2. The van der Waals surface area contributed by atoms with Crippen molar-refractivity contribution in [3.05, 3.63) is 101 Å². The Labute approximate surface area is 258 Å². The summed E-state index contributed by atoms with van der Waals surface area (Å²) in [6.45, 7) is 2.58. The van der Waals surface area contributed by atoms with Crippen LogP contribution in [0.15, 0.2) is 83.3 Å². The van der Waals surface area contributed by atoms with Gasteiger partial charge in [-0.1, -0.05) is 30.3 Å². The number of amides is 1. The van der Waals surface area contributed by atoms with Gasteiger partial charge in [0.2, 0.25) is 0 Å². The molecule has 7 nitrogen and oxygen atoms in total. The molecule has 0 aliphatic rings. The van der Waals surface area contributed by atoms with Gasteiger partial charge in [-0.15, -0.1) is 0 Å². The minimum Gasteiger partial charge on any atom is -1.00 e. The maximum absolute atomic E-state index is 13.3. The maximum Gasteiger partial charge on any atom is 1.00 e. The molecular formula is C32H34LiNO6S. The first kappa shape index (κ1) is 32.1. The molecule has 41 heavy (non-hydrogen) atoms. The second kappa shape index (κ2) is 15.6. The van der Waals surface area contributed by atoms with Crippen LogP contribution >= 0.6 is 11.8 Å². The van der Waals surface area contributed by atoms with Gasteiger partial charge in [0.1, 0.15) is 29.9 Å². The molecule has 4 rings (SSSR count). The van der Waals surface area contributed by atoms with Crippen molar-refractivity contribution in [2.75, 3.05) is 19.1 Å². The fourth-order valence-electron chi connectivity index (χ4n) is 4.34. The average Bonchev–Trinajstić information content (AvgIpc) is 3.44. The van der Waals surface area contributed by atoms with Crippen molar-refractivity contribution < 1.29 is 48.9 Å². The number of carboxylic acid groups (broad SMARTS) is 1. The molecule has 1 atom stereocenters. The predicted octanol–water partition coefficient (Wildman–Crippen LogP) is 3.70. The molecular weight excluding hydrogens is 533 g/mol. The molecule has 0 spiro atoms. The Bertz CT molecular complexity index is 1460. The third kappa shape index (κ3) is 8.54. The van der Waals surface area contributed by atoms with Gasteiger partial charge in [0, 0.05) is 11.1 Å². The van der Waals surface area contributed by atoms with E-state index in [1.807, 2.05) is 86.0 Å². The molecule has 0 aliphatic heterocycles. The van der Waals surface area contributed by atoms with E-state index in [2.05, 4.69) is 5.32 Å². The Hall–Kier alpha value is -3.41. The van der Waals surface area contributed by atoms with Gasteiger partial charge in [-0.05, 0) is 96.1 Å². The summed E-state index contributed by atoms with van der Waals surface area (Å²) in [6.07, 6.45) is 2.25. The average molecular weight is 568 g/mol. The van der Waals surface area contributed by atoms with Gasteiger partial charge in [-0.3, -0.25) is 4.79 Å². The summed E-state index contributed by atoms with van der Waals surface area (Å²) in [5, 5.41) is 12.3. The Morgan fingerprint density at radius 3 is 2.44 bits per heavy atom. The van der Waals surface area contributed by atoms with Crippen LogP contribution in [0.1, 0.15) is 35.1 Å². The monoisotopic (exact) mass is 567 g/mol. The van der Waals surface area contributed by atoms with Crippen molar-refractivity contribution in [1.82, 2.24) is 5.32 Å². The molecule has 0 saturated heterocycles. The third-order valence-corrected chi connectivity index (χ3v) is 7.17. The Morgan fingerprint density at radius 1 is 1.00 bits per heavy atom. The number of methoxy groups -OCH3 is 1. The number of benzene rings is 3. The molecule has 4 aromatic rings. The van der Waals surface area contributed by atoms with Gasteiger partial charge in [0.05, 0.1) is 13.7 Å². The van der Waals surface area contributed by atoms with E-state index in [0.29, 0.717) is 30.1 Å². The number of aliphatic carboxylic acids is 1. The topological polar surface area (TPSA) is 98.0 Å². The van der Waals surface area contributed by atoms with Gasteiger partial charge in [0.25, 0.3) is 5.91 Å². The smallest absolute Gasteiger partial charge is 1.00 e. The molecule has 0 saturated carbocycles. The minimum atomic E-state index is -1.04. The Morgan fingerprint density at radius 2 is 1.76 bits per heavy atom. The van der Waals surface area contributed by atoms with Crippen molar-refractivity contribution in [2.45, 2.75) is 32.6 Å². The first-order valence-electron chi connectivity index (χ1n) is 12.9. The molecule has 9 heteroatoms. The molecule has 1 heterocycles. The standard InChI is InChI=1S/C32H33NO6S.Li.H/c1-21-6-4-5-7-26(21)28-18-22(8-14-27(28)31(34)33-29(32(35)36)16-17-40-3)19-38-20-25-13-15-30(39-25)23-9-11-24(37-2)12-10-23;;/h4-15,18,29H,16-17,19-20H2,1-3H3,(H,33,34)(H,35,36);;/q;+1;-1. The van der Waals surface area contributed by atoms with Gasteiger partial charge in [-0.25, -0.2) is 4.79 Å². The number of carboxylic acids is 1. The summed E-state index contributed by atoms with van der Waals surface area (Å²) >= 11 is 1.54. The number of hydrogen-bond donors (Lipinski definition) is 2. The number of hydrogen-bond acceptors (Lipinski definition) is 6. The number of carbonyl (C=O) groups excluding carboxylic acids is 1. The van der Waals surface area contributed by atoms with Gasteiger partial charge in [-0.2, -0.15) is 11.8 Å². The number of carbonyl (C=O) groups is 2. The first-order valence-corrected chi connectivity index (χ1v) is 14.3. The SMILES string of the molecule is COc1ccc(-c2ccc(COCc3ccc(C(=O)NC(CCSC)C(=O)O)c(-c4ccccc4C)c3)o2)cc1.[H-].[Li+]. The zero-order valence-electron chi connectivity index (χ0n) is 24.8. The van der Waals surface area contributed by atoms with Crippen LogP contribution in [0.2, 0.25) is 0 Å². The summed E-state index contributed by atoms with van der Waals surface area (Å²) in [7, 11) is 1.63. The van der Waals surface area contributed by atoms with Crippen molar-refractivity contribution >= 4 is 23.6 Å². The van der Waals surface area contributed by atoms with Crippen molar-refractivity contribution in [2.24, 2.45) is 0 Å². The molecule has 3 aromatic carbocycles. The molecule has 0 fully saturated rings. The zero-order valence-corrected chi connectivity index (χ0v) is 24.6. The van der Waals surface area contributed by atoms with Crippen LogP contribution in [0, 0.1) is 6.92 Å². The summed E-state index contributed by atoms with van der Waals surface area (Å²) in [6, 6.07) is 23.8. The number of rotatable bonds is 13. The number of aryl methyl sites for hydroxylation is 1. The van der Waals surface area contributed by atoms with Crippen LogP contribution in [0.4, 0.5) is 0 Å². The number of thioether (sulfide) groups is 1. The van der Waals surface area contributed by atoms with E-state index in [1.165, 1.54) is 0 Å². The van der Waals surface area contributed by atoms with Crippen LogP contribution in [0.25, 0.3) is 22.5 Å². The predicted molar refractivity (Wildman–Crippen MR) is 159 cm³/mol. The quantitative estimate of drug-likeness (QED) is 0.238. The second-order valence-corrected chi connectivity index (χ2v) is 10.3. The molecule has 1 amide bonds. The van der Waals surface area contributed by atoms with Gasteiger partial charge < -0.3 is 25.7 Å². The van der Waals surface area contributed by atoms with E-state index in [-0.39, 0.29) is 26.9 Å². The van der Waals surface area contributed by atoms with E-state index >= 15 is 0 Å². The number of furan rings is 1. The van der Waals surface area contributed by atoms with Crippen LogP contribution in [0.5, 0.6) is 5.75 Å². The fraction of sp³-hybridized carbons (Fsp3) is 0.250. The van der Waals surface area contributed by atoms with Crippen molar-refractivity contribution in [3.8, 4) is 28.2 Å².